The van der Waals surface area contributed by atoms with Crippen LogP contribution in [-0.2, 0) is 9.53 Å². The number of allylic oxidation sites excluding steroid dienone is 1. The van der Waals surface area contributed by atoms with Gasteiger partial charge in [0.15, 0.2) is 5.78 Å². The maximum absolute atomic E-state index is 11.9. The topological polar surface area (TPSA) is 26.3 Å². The Morgan fingerprint density at radius 2 is 1.92 bits per heavy atom. The Morgan fingerprint density at radius 3 is 2.71 bits per heavy atom. The van der Waals surface area contributed by atoms with E-state index in [0.717, 1.165) is 50.0 Å². The average molecular weight is 331 g/mol. The lowest BCUT2D eigenvalue weighted by Crippen LogP contribution is -2.51. The van der Waals surface area contributed by atoms with Crippen molar-refractivity contribution in [2.24, 2.45) is 28.6 Å². The van der Waals surface area contributed by atoms with Crippen molar-refractivity contribution in [1.29, 1.82) is 0 Å². The zero-order valence-electron chi connectivity index (χ0n) is 15.8. The number of rotatable bonds is 3. The first-order valence-corrected chi connectivity index (χ1v) is 10.3. The molecule has 6 atom stereocenters. The fourth-order valence-electron chi connectivity index (χ4n) is 7.05. The van der Waals surface area contributed by atoms with Gasteiger partial charge in [-0.3, -0.25) is 4.79 Å². The minimum atomic E-state index is 0.306. The molecule has 134 valence electrons. The van der Waals surface area contributed by atoms with E-state index in [-0.39, 0.29) is 0 Å². The van der Waals surface area contributed by atoms with E-state index in [1.807, 2.05) is 6.08 Å². The summed E-state index contributed by atoms with van der Waals surface area (Å²) in [5.74, 6) is 2.87. The van der Waals surface area contributed by atoms with Crippen LogP contribution in [0.2, 0.25) is 0 Å². The number of hydrogen-bond acceptors (Lipinski definition) is 2. The molecule has 0 aliphatic heterocycles. The van der Waals surface area contributed by atoms with Crippen molar-refractivity contribution < 1.29 is 9.53 Å². The zero-order chi connectivity index (χ0) is 16.9. The predicted octanol–water partition coefficient (Wildman–Crippen LogP) is 5.31. The van der Waals surface area contributed by atoms with Crippen molar-refractivity contribution >= 4 is 5.78 Å². The monoisotopic (exact) mass is 330 g/mol. The van der Waals surface area contributed by atoms with E-state index in [1.165, 1.54) is 37.7 Å². The van der Waals surface area contributed by atoms with Gasteiger partial charge in [0, 0.05) is 13.0 Å². The van der Waals surface area contributed by atoms with E-state index < -0.39 is 0 Å². The van der Waals surface area contributed by atoms with E-state index in [4.69, 9.17) is 4.74 Å². The molecule has 0 bridgehead atoms. The summed E-state index contributed by atoms with van der Waals surface area (Å²) < 4.78 is 6.29. The molecule has 0 aromatic heterocycles. The molecular formula is C22H34O2. The first kappa shape index (κ1) is 16.8. The molecule has 0 spiro atoms. The lowest BCUT2D eigenvalue weighted by molar-refractivity contribution is -0.118. The zero-order valence-corrected chi connectivity index (χ0v) is 15.8. The highest BCUT2D eigenvalue weighted by Crippen LogP contribution is 2.65. The number of ether oxygens (including phenoxy) is 1. The van der Waals surface area contributed by atoms with Gasteiger partial charge in [-0.15, -0.1) is 0 Å². The SMILES string of the molecule is CCCO[C@H]1CC[C@H]2[C@H]3CCC4=CC(=O)CC[C@]4(C)[C@@H]3CC[C@]12C. The Kier molecular flexibility index (Phi) is 4.18. The van der Waals surface area contributed by atoms with Crippen molar-refractivity contribution in [3.05, 3.63) is 11.6 Å². The van der Waals surface area contributed by atoms with Crippen LogP contribution in [0, 0.1) is 28.6 Å². The third-order valence-electron chi connectivity index (χ3n) is 8.40. The van der Waals surface area contributed by atoms with Crippen LogP contribution in [0.4, 0.5) is 0 Å². The normalized spacial score (nSPS) is 47.6. The molecule has 4 rings (SSSR count). The predicted molar refractivity (Wildman–Crippen MR) is 96.7 cm³/mol. The Labute approximate surface area is 147 Å². The number of ketones is 1. The van der Waals surface area contributed by atoms with E-state index in [1.54, 1.807) is 0 Å². The molecule has 24 heavy (non-hydrogen) atoms. The summed E-state index contributed by atoms with van der Waals surface area (Å²) in [5, 5.41) is 0. The highest BCUT2D eigenvalue weighted by molar-refractivity contribution is 5.91. The van der Waals surface area contributed by atoms with Gasteiger partial charge in [-0.05, 0) is 86.0 Å². The van der Waals surface area contributed by atoms with Crippen molar-refractivity contribution in [1.82, 2.24) is 0 Å². The fourth-order valence-corrected chi connectivity index (χ4v) is 7.05. The fraction of sp³-hybridized carbons (Fsp3) is 0.864. The highest BCUT2D eigenvalue weighted by Gasteiger charge is 2.59. The van der Waals surface area contributed by atoms with Gasteiger partial charge in [-0.25, -0.2) is 0 Å². The van der Waals surface area contributed by atoms with E-state index >= 15 is 0 Å². The van der Waals surface area contributed by atoms with Gasteiger partial charge in [-0.2, -0.15) is 0 Å². The third-order valence-corrected chi connectivity index (χ3v) is 8.40. The smallest absolute Gasteiger partial charge is 0.155 e. The molecule has 0 N–H and O–H groups in total. The molecule has 0 aromatic carbocycles. The molecule has 3 fully saturated rings. The molecule has 0 unspecified atom stereocenters. The van der Waals surface area contributed by atoms with Crippen LogP contribution >= 0.6 is 0 Å². The van der Waals surface area contributed by atoms with Crippen molar-refractivity contribution in [3.63, 3.8) is 0 Å². The molecule has 2 heteroatoms. The summed E-state index contributed by atoms with van der Waals surface area (Å²) in [5.41, 5.74) is 2.19. The molecule has 0 aromatic rings. The summed E-state index contributed by atoms with van der Waals surface area (Å²) in [6, 6.07) is 0. The van der Waals surface area contributed by atoms with Crippen LogP contribution in [0.25, 0.3) is 0 Å². The minimum absolute atomic E-state index is 0.306. The number of hydrogen-bond donors (Lipinski definition) is 0. The maximum atomic E-state index is 11.9. The molecule has 0 saturated heterocycles. The molecule has 0 amide bonds. The van der Waals surface area contributed by atoms with Crippen LogP contribution < -0.4 is 0 Å². The summed E-state index contributed by atoms with van der Waals surface area (Å²) >= 11 is 0. The van der Waals surface area contributed by atoms with Gasteiger partial charge in [0.05, 0.1) is 6.10 Å². The Bertz CT molecular complexity index is 550. The summed E-state index contributed by atoms with van der Waals surface area (Å²) in [4.78, 5) is 11.9. The summed E-state index contributed by atoms with van der Waals surface area (Å²) in [6.07, 6.45) is 13.3. The third kappa shape index (κ3) is 2.35. The van der Waals surface area contributed by atoms with Crippen LogP contribution in [0.3, 0.4) is 0 Å². The van der Waals surface area contributed by atoms with E-state index in [0.29, 0.717) is 22.7 Å². The lowest BCUT2D eigenvalue weighted by atomic mass is 9.47. The summed E-state index contributed by atoms with van der Waals surface area (Å²) in [7, 11) is 0. The Balaban J connectivity index is 1.59. The van der Waals surface area contributed by atoms with Crippen LogP contribution in [0.1, 0.15) is 78.6 Å². The minimum Gasteiger partial charge on any atom is -0.378 e. The van der Waals surface area contributed by atoms with Gasteiger partial charge < -0.3 is 4.74 Å². The second-order valence-electron chi connectivity index (χ2n) is 9.45. The first-order chi connectivity index (χ1) is 11.5. The molecule has 0 heterocycles. The molecule has 4 aliphatic carbocycles. The van der Waals surface area contributed by atoms with Crippen LogP contribution in [0.5, 0.6) is 0 Å². The Hall–Kier alpha value is -0.630. The number of carbonyl (C=O) groups excluding carboxylic acids is 1. The second kappa shape index (κ2) is 5.97. The maximum Gasteiger partial charge on any atom is 0.155 e. The van der Waals surface area contributed by atoms with Gasteiger partial charge in [0.2, 0.25) is 0 Å². The largest absolute Gasteiger partial charge is 0.378 e. The van der Waals surface area contributed by atoms with Crippen molar-refractivity contribution in [2.45, 2.75) is 84.7 Å². The number of fused-ring (bicyclic) bond motifs is 5. The molecule has 4 aliphatic rings. The van der Waals surface area contributed by atoms with Gasteiger partial charge in [-0.1, -0.05) is 26.3 Å². The lowest BCUT2D eigenvalue weighted by Gasteiger charge is -2.58. The van der Waals surface area contributed by atoms with Crippen molar-refractivity contribution in [2.75, 3.05) is 6.61 Å². The van der Waals surface area contributed by atoms with Gasteiger partial charge in [0.1, 0.15) is 0 Å². The van der Waals surface area contributed by atoms with Crippen molar-refractivity contribution in [3.8, 4) is 0 Å². The van der Waals surface area contributed by atoms with Crippen LogP contribution in [-0.4, -0.2) is 18.5 Å². The molecule has 2 nitrogen and oxygen atoms in total. The average Bonchev–Trinajstić information content (AvgIpc) is 2.90. The highest BCUT2D eigenvalue weighted by atomic mass is 16.5. The quantitative estimate of drug-likeness (QED) is 0.700. The second-order valence-corrected chi connectivity index (χ2v) is 9.45. The summed E-state index contributed by atoms with van der Waals surface area (Å²) in [6.45, 7) is 8.14. The standard InChI is InChI=1S/C22H34O2/c1-4-13-24-20-8-7-18-17-6-5-15-14-16(23)9-11-21(15,2)19(17)10-12-22(18,20)3/h14,17-20H,4-13H2,1-3H3/t17-,18+,19-,20+,21+,22+/m1/s1. The first-order valence-electron chi connectivity index (χ1n) is 10.3. The Morgan fingerprint density at radius 1 is 1.08 bits per heavy atom. The van der Waals surface area contributed by atoms with Crippen LogP contribution in [0.15, 0.2) is 11.6 Å². The van der Waals surface area contributed by atoms with Gasteiger partial charge in [0.25, 0.3) is 0 Å². The molecular weight excluding hydrogens is 296 g/mol. The number of carbonyl (C=O) groups is 1. The molecule has 3 saturated carbocycles. The molecule has 0 radical (unpaired) electrons. The van der Waals surface area contributed by atoms with Gasteiger partial charge >= 0.3 is 0 Å². The van der Waals surface area contributed by atoms with E-state index in [9.17, 15) is 4.79 Å². The van der Waals surface area contributed by atoms with E-state index in [2.05, 4.69) is 20.8 Å².